The SMILES string of the molecule is CC(=O)N(CC(=O)Nc1cccc(C)c1)c1ccc(OC(C)C)cc1. The van der Waals surface area contributed by atoms with E-state index in [1.54, 1.807) is 24.3 Å². The van der Waals surface area contributed by atoms with Gasteiger partial charge in [-0.05, 0) is 62.7 Å². The van der Waals surface area contributed by atoms with Gasteiger partial charge in [0.05, 0.1) is 6.10 Å². The molecule has 2 aromatic carbocycles. The number of anilines is 2. The van der Waals surface area contributed by atoms with Crippen LogP contribution < -0.4 is 15.0 Å². The van der Waals surface area contributed by atoms with Crippen molar-refractivity contribution in [2.45, 2.75) is 33.8 Å². The van der Waals surface area contributed by atoms with Crippen LogP contribution in [0, 0.1) is 6.92 Å². The summed E-state index contributed by atoms with van der Waals surface area (Å²) in [7, 11) is 0. The molecule has 5 heteroatoms. The lowest BCUT2D eigenvalue weighted by Gasteiger charge is -2.21. The summed E-state index contributed by atoms with van der Waals surface area (Å²) in [4.78, 5) is 25.7. The fraction of sp³-hybridized carbons (Fsp3) is 0.300. The molecule has 0 fully saturated rings. The Morgan fingerprint density at radius 1 is 1.12 bits per heavy atom. The third-order valence-electron chi connectivity index (χ3n) is 3.50. The van der Waals surface area contributed by atoms with Gasteiger partial charge in [0.2, 0.25) is 11.8 Å². The van der Waals surface area contributed by atoms with E-state index in [4.69, 9.17) is 4.74 Å². The average molecular weight is 340 g/mol. The highest BCUT2D eigenvalue weighted by molar-refractivity contribution is 6.01. The van der Waals surface area contributed by atoms with Crippen molar-refractivity contribution in [1.29, 1.82) is 0 Å². The quantitative estimate of drug-likeness (QED) is 0.871. The molecule has 0 radical (unpaired) electrons. The number of rotatable bonds is 6. The second-order valence-corrected chi connectivity index (χ2v) is 6.18. The molecule has 1 N–H and O–H groups in total. The van der Waals surface area contributed by atoms with Crippen molar-refractivity contribution >= 4 is 23.2 Å². The number of benzene rings is 2. The highest BCUT2D eigenvalue weighted by atomic mass is 16.5. The number of hydrogen-bond donors (Lipinski definition) is 1. The third-order valence-corrected chi connectivity index (χ3v) is 3.50. The van der Waals surface area contributed by atoms with Gasteiger partial charge in [-0.15, -0.1) is 0 Å². The van der Waals surface area contributed by atoms with Crippen molar-refractivity contribution in [3.05, 3.63) is 54.1 Å². The standard InChI is InChI=1S/C20H24N2O3/c1-14(2)25-19-10-8-18(9-11-19)22(16(4)23)13-20(24)21-17-7-5-6-15(3)12-17/h5-12,14H,13H2,1-4H3,(H,21,24). The molecule has 0 heterocycles. The number of carbonyl (C=O) groups is 2. The molecule has 0 unspecified atom stereocenters. The molecule has 0 saturated carbocycles. The van der Waals surface area contributed by atoms with Gasteiger partial charge < -0.3 is 15.0 Å². The number of ether oxygens (including phenoxy) is 1. The van der Waals surface area contributed by atoms with Gasteiger partial charge in [-0.2, -0.15) is 0 Å². The zero-order valence-corrected chi connectivity index (χ0v) is 15.1. The highest BCUT2D eigenvalue weighted by Crippen LogP contribution is 2.21. The lowest BCUT2D eigenvalue weighted by molar-refractivity contribution is -0.120. The molecule has 0 bridgehead atoms. The minimum atomic E-state index is -0.247. The van der Waals surface area contributed by atoms with Crippen molar-refractivity contribution in [2.75, 3.05) is 16.8 Å². The Morgan fingerprint density at radius 2 is 1.80 bits per heavy atom. The average Bonchev–Trinajstić information content (AvgIpc) is 2.53. The summed E-state index contributed by atoms with van der Waals surface area (Å²) in [6.07, 6.45) is 0.0786. The predicted octanol–water partition coefficient (Wildman–Crippen LogP) is 3.77. The Hall–Kier alpha value is -2.82. The van der Waals surface area contributed by atoms with Crippen LogP contribution in [0.5, 0.6) is 5.75 Å². The molecule has 25 heavy (non-hydrogen) atoms. The van der Waals surface area contributed by atoms with Crippen molar-refractivity contribution in [1.82, 2.24) is 0 Å². The summed E-state index contributed by atoms with van der Waals surface area (Å²) in [6.45, 7) is 7.25. The second-order valence-electron chi connectivity index (χ2n) is 6.18. The van der Waals surface area contributed by atoms with Crippen LogP contribution in [-0.4, -0.2) is 24.5 Å². The van der Waals surface area contributed by atoms with Crippen LogP contribution in [0.3, 0.4) is 0 Å². The van der Waals surface area contributed by atoms with E-state index in [0.29, 0.717) is 11.4 Å². The maximum absolute atomic E-state index is 12.3. The van der Waals surface area contributed by atoms with Crippen molar-refractivity contribution in [3.63, 3.8) is 0 Å². The Labute approximate surface area is 148 Å². The van der Waals surface area contributed by atoms with Crippen LogP contribution in [0.15, 0.2) is 48.5 Å². The number of carbonyl (C=O) groups excluding carboxylic acids is 2. The Morgan fingerprint density at radius 3 is 2.36 bits per heavy atom. The molecule has 0 spiro atoms. The van der Waals surface area contributed by atoms with E-state index in [1.807, 2.05) is 45.0 Å². The molecule has 2 rings (SSSR count). The first kappa shape index (κ1) is 18.5. The number of amides is 2. The van der Waals surface area contributed by atoms with Gasteiger partial charge in [0.15, 0.2) is 0 Å². The van der Waals surface area contributed by atoms with Crippen molar-refractivity contribution in [2.24, 2.45) is 0 Å². The molecular weight excluding hydrogens is 316 g/mol. The minimum absolute atomic E-state index is 0.0480. The molecule has 2 amide bonds. The zero-order chi connectivity index (χ0) is 18.4. The Kier molecular flexibility index (Phi) is 6.17. The predicted molar refractivity (Wildman–Crippen MR) is 100 cm³/mol. The van der Waals surface area contributed by atoms with E-state index in [-0.39, 0.29) is 24.5 Å². The van der Waals surface area contributed by atoms with Gasteiger partial charge in [-0.1, -0.05) is 12.1 Å². The van der Waals surface area contributed by atoms with Crippen molar-refractivity contribution in [3.8, 4) is 5.75 Å². The topological polar surface area (TPSA) is 58.6 Å². The van der Waals surface area contributed by atoms with Gasteiger partial charge in [0.25, 0.3) is 0 Å². The smallest absolute Gasteiger partial charge is 0.244 e. The molecule has 0 aliphatic carbocycles. The van der Waals surface area contributed by atoms with E-state index < -0.39 is 0 Å². The molecule has 0 aliphatic rings. The maximum atomic E-state index is 12.3. The van der Waals surface area contributed by atoms with Gasteiger partial charge >= 0.3 is 0 Å². The van der Waals surface area contributed by atoms with Crippen LogP contribution >= 0.6 is 0 Å². The number of hydrogen-bond acceptors (Lipinski definition) is 3. The van der Waals surface area contributed by atoms with Crippen LogP contribution in [0.2, 0.25) is 0 Å². The van der Waals surface area contributed by atoms with E-state index in [9.17, 15) is 9.59 Å². The van der Waals surface area contributed by atoms with Gasteiger partial charge in [-0.3, -0.25) is 9.59 Å². The normalized spacial score (nSPS) is 10.4. The number of nitrogens with zero attached hydrogens (tertiary/aromatic N) is 1. The summed E-state index contributed by atoms with van der Waals surface area (Å²) in [6, 6.07) is 14.7. The molecule has 0 saturated heterocycles. The highest BCUT2D eigenvalue weighted by Gasteiger charge is 2.16. The van der Waals surface area contributed by atoms with Crippen LogP contribution in [0.25, 0.3) is 0 Å². The number of aryl methyl sites for hydroxylation is 1. The summed E-state index contributed by atoms with van der Waals surface area (Å²) < 4.78 is 5.60. The summed E-state index contributed by atoms with van der Waals surface area (Å²) in [5.74, 6) is 0.284. The Bertz CT molecular complexity index is 739. The second kappa shape index (κ2) is 8.33. The van der Waals surface area contributed by atoms with Crippen LogP contribution in [0.1, 0.15) is 26.3 Å². The van der Waals surface area contributed by atoms with E-state index in [0.717, 1.165) is 11.3 Å². The molecular formula is C20H24N2O3. The van der Waals surface area contributed by atoms with E-state index in [2.05, 4.69) is 5.32 Å². The molecule has 2 aromatic rings. The number of nitrogens with one attached hydrogen (secondary N) is 1. The van der Waals surface area contributed by atoms with Crippen molar-refractivity contribution < 1.29 is 14.3 Å². The lowest BCUT2D eigenvalue weighted by Crippen LogP contribution is -2.36. The summed E-state index contributed by atoms with van der Waals surface area (Å²) >= 11 is 0. The molecule has 0 atom stereocenters. The fourth-order valence-corrected chi connectivity index (χ4v) is 2.43. The summed E-state index contributed by atoms with van der Waals surface area (Å²) in [5.41, 5.74) is 2.43. The largest absolute Gasteiger partial charge is 0.491 e. The molecule has 0 aliphatic heterocycles. The molecule has 0 aromatic heterocycles. The maximum Gasteiger partial charge on any atom is 0.244 e. The van der Waals surface area contributed by atoms with Crippen LogP contribution in [-0.2, 0) is 9.59 Å². The Balaban J connectivity index is 2.07. The summed E-state index contributed by atoms with van der Waals surface area (Å²) in [5, 5.41) is 2.82. The first-order valence-corrected chi connectivity index (χ1v) is 8.26. The third kappa shape index (κ3) is 5.64. The van der Waals surface area contributed by atoms with Gasteiger partial charge in [0, 0.05) is 18.3 Å². The zero-order valence-electron chi connectivity index (χ0n) is 15.1. The first-order valence-electron chi connectivity index (χ1n) is 8.26. The van der Waals surface area contributed by atoms with Gasteiger partial charge in [-0.25, -0.2) is 0 Å². The van der Waals surface area contributed by atoms with E-state index >= 15 is 0 Å². The van der Waals surface area contributed by atoms with Gasteiger partial charge in [0.1, 0.15) is 12.3 Å². The fourth-order valence-electron chi connectivity index (χ4n) is 2.43. The lowest BCUT2D eigenvalue weighted by atomic mass is 10.2. The molecule has 132 valence electrons. The van der Waals surface area contributed by atoms with E-state index in [1.165, 1.54) is 11.8 Å². The van der Waals surface area contributed by atoms with Crippen LogP contribution in [0.4, 0.5) is 11.4 Å². The molecule has 5 nitrogen and oxygen atoms in total. The monoisotopic (exact) mass is 340 g/mol. The first-order chi connectivity index (χ1) is 11.8. The minimum Gasteiger partial charge on any atom is -0.491 e.